The highest BCUT2D eigenvalue weighted by atomic mass is 16.1. The van der Waals surface area contributed by atoms with E-state index in [0.29, 0.717) is 36.3 Å². The van der Waals surface area contributed by atoms with E-state index >= 15 is 0 Å². The van der Waals surface area contributed by atoms with Crippen molar-refractivity contribution in [3.05, 3.63) is 119 Å². The fourth-order valence-electron chi connectivity index (χ4n) is 3.58. The molecule has 0 aromatic heterocycles. The minimum Gasteiger partial charge on any atom is -0.290 e. The van der Waals surface area contributed by atoms with Gasteiger partial charge in [0, 0.05) is 36.3 Å². The SMILES string of the molecule is O=C1C=C(CN(Cc2ccccc2)Cc2ccccc2)C(=O)c2ccccc21. The zero-order valence-electron chi connectivity index (χ0n) is 15.5. The number of benzene rings is 3. The van der Waals surface area contributed by atoms with Crippen molar-refractivity contribution in [3.8, 4) is 0 Å². The number of Topliss-reactive ketones (excluding diaryl/α,β-unsaturated/α-hetero) is 1. The molecule has 138 valence electrons. The first-order valence-corrected chi connectivity index (χ1v) is 9.39. The number of hydrogen-bond acceptors (Lipinski definition) is 3. The maximum atomic E-state index is 13.0. The summed E-state index contributed by atoms with van der Waals surface area (Å²) in [7, 11) is 0. The highest BCUT2D eigenvalue weighted by molar-refractivity contribution is 6.24. The van der Waals surface area contributed by atoms with Crippen LogP contribution >= 0.6 is 0 Å². The summed E-state index contributed by atoms with van der Waals surface area (Å²) in [6.45, 7) is 1.84. The molecular formula is C25H21NO2. The average molecular weight is 367 g/mol. The van der Waals surface area contributed by atoms with Crippen LogP contribution in [0, 0.1) is 0 Å². The Morgan fingerprint density at radius 2 is 1.07 bits per heavy atom. The molecule has 0 aliphatic heterocycles. The first-order valence-electron chi connectivity index (χ1n) is 9.39. The Hall–Kier alpha value is -3.30. The number of ketones is 2. The highest BCUT2D eigenvalue weighted by Gasteiger charge is 2.26. The van der Waals surface area contributed by atoms with Gasteiger partial charge in [0.1, 0.15) is 0 Å². The third kappa shape index (κ3) is 4.00. The molecule has 0 amide bonds. The van der Waals surface area contributed by atoms with Gasteiger partial charge in [-0.1, -0.05) is 84.9 Å². The Balaban J connectivity index is 1.60. The molecule has 0 unspecified atom stereocenters. The number of rotatable bonds is 6. The quantitative estimate of drug-likeness (QED) is 0.634. The van der Waals surface area contributed by atoms with Gasteiger partial charge in [0.15, 0.2) is 11.6 Å². The molecule has 0 saturated carbocycles. The van der Waals surface area contributed by atoms with Gasteiger partial charge in [-0.25, -0.2) is 0 Å². The monoisotopic (exact) mass is 367 g/mol. The summed E-state index contributed by atoms with van der Waals surface area (Å²) in [4.78, 5) is 27.7. The van der Waals surface area contributed by atoms with Crippen LogP contribution in [-0.4, -0.2) is 23.0 Å². The molecule has 0 saturated heterocycles. The van der Waals surface area contributed by atoms with Crippen molar-refractivity contribution in [2.45, 2.75) is 13.1 Å². The molecule has 3 aromatic rings. The molecule has 0 radical (unpaired) electrons. The van der Waals surface area contributed by atoms with Gasteiger partial charge in [0.25, 0.3) is 0 Å². The van der Waals surface area contributed by atoms with E-state index < -0.39 is 0 Å². The second-order valence-electron chi connectivity index (χ2n) is 7.02. The lowest BCUT2D eigenvalue weighted by Crippen LogP contribution is -2.30. The van der Waals surface area contributed by atoms with Crippen LogP contribution in [0.1, 0.15) is 31.8 Å². The zero-order valence-corrected chi connectivity index (χ0v) is 15.5. The van der Waals surface area contributed by atoms with Crippen LogP contribution in [-0.2, 0) is 13.1 Å². The summed E-state index contributed by atoms with van der Waals surface area (Å²) >= 11 is 0. The molecule has 0 heterocycles. The molecule has 3 nitrogen and oxygen atoms in total. The van der Waals surface area contributed by atoms with E-state index in [1.165, 1.54) is 17.2 Å². The van der Waals surface area contributed by atoms with Crippen molar-refractivity contribution >= 4 is 11.6 Å². The van der Waals surface area contributed by atoms with Crippen LogP contribution in [0.2, 0.25) is 0 Å². The molecule has 28 heavy (non-hydrogen) atoms. The fourth-order valence-corrected chi connectivity index (χ4v) is 3.58. The molecule has 0 fully saturated rings. The van der Waals surface area contributed by atoms with Gasteiger partial charge in [0.2, 0.25) is 0 Å². The standard InChI is InChI=1S/C25H21NO2/c27-24-15-21(25(28)23-14-8-7-13-22(23)24)18-26(16-19-9-3-1-4-10-19)17-20-11-5-2-6-12-20/h1-15H,16-18H2. The van der Waals surface area contributed by atoms with Gasteiger partial charge in [-0.3, -0.25) is 14.5 Å². The smallest absolute Gasteiger partial charge is 0.191 e. The maximum Gasteiger partial charge on any atom is 0.191 e. The third-order valence-corrected chi connectivity index (χ3v) is 4.93. The first-order chi connectivity index (χ1) is 13.7. The van der Waals surface area contributed by atoms with Gasteiger partial charge < -0.3 is 0 Å². The van der Waals surface area contributed by atoms with Crippen LogP contribution in [0.3, 0.4) is 0 Å². The van der Waals surface area contributed by atoms with E-state index in [4.69, 9.17) is 0 Å². The van der Waals surface area contributed by atoms with E-state index in [9.17, 15) is 9.59 Å². The van der Waals surface area contributed by atoms with Crippen molar-refractivity contribution in [2.24, 2.45) is 0 Å². The summed E-state index contributed by atoms with van der Waals surface area (Å²) in [6, 6.07) is 27.4. The zero-order chi connectivity index (χ0) is 19.3. The summed E-state index contributed by atoms with van der Waals surface area (Å²) in [5.41, 5.74) is 3.90. The van der Waals surface area contributed by atoms with Crippen LogP contribution in [0.4, 0.5) is 0 Å². The predicted octanol–water partition coefficient (Wildman–Crippen LogP) is 4.69. The van der Waals surface area contributed by atoms with Crippen LogP contribution < -0.4 is 0 Å². The van der Waals surface area contributed by atoms with Crippen LogP contribution in [0.25, 0.3) is 0 Å². The highest BCUT2D eigenvalue weighted by Crippen LogP contribution is 2.23. The van der Waals surface area contributed by atoms with Crippen LogP contribution in [0.5, 0.6) is 0 Å². The number of hydrogen-bond donors (Lipinski definition) is 0. The molecule has 0 bridgehead atoms. The number of nitrogens with zero attached hydrogens (tertiary/aromatic N) is 1. The molecule has 0 atom stereocenters. The molecule has 3 heteroatoms. The second-order valence-corrected chi connectivity index (χ2v) is 7.02. The van der Waals surface area contributed by atoms with Crippen LogP contribution in [0.15, 0.2) is 96.6 Å². The molecule has 0 spiro atoms. The molecule has 4 rings (SSSR count). The molecule has 1 aliphatic carbocycles. The first kappa shape index (κ1) is 18.1. The largest absolute Gasteiger partial charge is 0.290 e. The molecule has 1 aliphatic rings. The van der Waals surface area contributed by atoms with Gasteiger partial charge in [-0.15, -0.1) is 0 Å². The van der Waals surface area contributed by atoms with Crippen molar-refractivity contribution in [2.75, 3.05) is 6.54 Å². The Morgan fingerprint density at radius 3 is 1.64 bits per heavy atom. The molecular weight excluding hydrogens is 346 g/mol. The topological polar surface area (TPSA) is 37.4 Å². The summed E-state index contributed by atoms with van der Waals surface area (Å²) in [6.07, 6.45) is 1.51. The number of fused-ring (bicyclic) bond motifs is 1. The Morgan fingerprint density at radius 1 is 0.571 bits per heavy atom. The summed E-state index contributed by atoms with van der Waals surface area (Å²) in [5.74, 6) is -0.147. The summed E-state index contributed by atoms with van der Waals surface area (Å²) in [5, 5.41) is 0. The lowest BCUT2D eigenvalue weighted by molar-refractivity contribution is 0.0974. The number of carbonyl (C=O) groups excluding carboxylic acids is 2. The minimum atomic E-state index is -0.0930. The normalized spacial score (nSPS) is 13.4. The van der Waals surface area contributed by atoms with E-state index in [0.717, 1.165) is 0 Å². The van der Waals surface area contributed by atoms with Gasteiger partial charge in [-0.05, 0) is 17.2 Å². The van der Waals surface area contributed by atoms with Crippen molar-refractivity contribution in [1.29, 1.82) is 0 Å². The third-order valence-electron chi connectivity index (χ3n) is 4.93. The van der Waals surface area contributed by atoms with Crippen molar-refractivity contribution in [1.82, 2.24) is 4.90 Å². The Bertz CT molecular complexity index is 981. The Kier molecular flexibility index (Phi) is 5.27. The number of carbonyl (C=O) groups is 2. The van der Waals surface area contributed by atoms with Gasteiger partial charge in [-0.2, -0.15) is 0 Å². The number of allylic oxidation sites excluding steroid dienone is 1. The Labute approximate surface area is 164 Å². The fraction of sp³-hybridized carbons (Fsp3) is 0.120. The lowest BCUT2D eigenvalue weighted by atomic mass is 9.89. The molecule has 0 N–H and O–H groups in total. The van der Waals surface area contributed by atoms with E-state index in [1.54, 1.807) is 24.3 Å². The van der Waals surface area contributed by atoms with Crippen molar-refractivity contribution in [3.63, 3.8) is 0 Å². The van der Waals surface area contributed by atoms with Gasteiger partial charge in [0.05, 0.1) is 0 Å². The predicted molar refractivity (Wildman–Crippen MR) is 110 cm³/mol. The summed E-state index contributed by atoms with van der Waals surface area (Å²) < 4.78 is 0. The minimum absolute atomic E-state index is 0.0543. The molecule has 3 aromatic carbocycles. The lowest BCUT2D eigenvalue weighted by Gasteiger charge is -2.25. The average Bonchev–Trinajstić information content (AvgIpc) is 2.73. The maximum absolute atomic E-state index is 13.0. The van der Waals surface area contributed by atoms with Gasteiger partial charge >= 0.3 is 0 Å². The van der Waals surface area contributed by atoms with E-state index in [2.05, 4.69) is 29.2 Å². The second kappa shape index (κ2) is 8.15. The van der Waals surface area contributed by atoms with E-state index in [1.807, 2.05) is 36.4 Å². The van der Waals surface area contributed by atoms with E-state index in [-0.39, 0.29) is 11.6 Å². The van der Waals surface area contributed by atoms with Crippen molar-refractivity contribution < 1.29 is 9.59 Å².